The van der Waals surface area contributed by atoms with Gasteiger partial charge in [-0.05, 0) is 32.4 Å². The molecule has 6 nitrogen and oxygen atoms in total. The third kappa shape index (κ3) is 5.70. The summed E-state index contributed by atoms with van der Waals surface area (Å²) in [6.45, 7) is 5.98. The van der Waals surface area contributed by atoms with Gasteiger partial charge in [-0.2, -0.15) is 5.10 Å². The van der Waals surface area contributed by atoms with Crippen molar-refractivity contribution in [2.75, 3.05) is 6.54 Å². The van der Waals surface area contributed by atoms with Crippen molar-refractivity contribution in [1.29, 1.82) is 0 Å². The minimum atomic E-state index is -0.364. The lowest BCUT2D eigenvalue weighted by atomic mass is 10.1. The number of amides is 2. The molecule has 0 unspecified atom stereocenters. The molecule has 0 saturated heterocycles. The summed E-state index contributed by atoms with van der Waals surface area (Å²) in [5.41, 5.74) is 2.31. The van der Waals surface area contributed by atoms with Gasteiger partial charge in [0.2, 0.25) is 5.91 Å². The van der Waals surface area contributed by atoms with E-state index in [4.69, 9.17) is 11.6 Å². The van der Waals surface area contributed by atoms with Crippen molar-refractivity contribution in [3.8, 4) is 11.3 Å². The molecule has 2 aromatic carbocycles. The smallest absolute Gasteiger partial charge is 0.255 e. The van der Waals surface area contributed by atoms with Crippen LogP contribution in [0.4, 0.5) is 0 Å². The second-order valence-corrected chi connectivity index (χ2v) is 8.43. The maximum absolute atomic E-state index is 12.9. The first-order valence-corrected chi connectivity index (χ1v) is 10.1. The summed E-state index contributed by atoms with van der Waals surface area (Å²) in [6, 6.07) is 17.0. The van der Waals surface area contributed by atoms with Gasteiger partial charge in [-0.25, -0.2) is 0 Å². The third-order valence-electron chi connectivity index (χ3n) is 4.27. The lowest BCUT2D eigenvalue weighted by Gasteiger charge is -2.20. The SMILES string of the molecule is CC(C)(C)NC(=O)CNC(=O)c1cn(Cc2ccccc2Cl)nc1-c1ccccc1. The minimum absolute atomic E-state index is 0.111. The quantitative estimate of drug-likeness (QED) is 0.630. The third-order valence-corrected chi connectivity index (χ3v) is 4.64. The van der Waals surface area contributed by atoms with E-state index in [0.717, 1.165) is 11.1 Å². The fraction of sp³-hybridized carbons (Fsp3) is 0.261. The van der Waals surface area contributed by atoms with Crippen LogP contribution in [0.3, 0.4) is 0 Å². The highest BCUT2D eigenvalue weighted by Crippen LogP contribution is 2.23. The Bertz CT molecular complexity index is 1040. The highest BCUT2D eigenvalue weighted by molar-refractivity contribution is 6.31. The highest BCUT2D eigenvalue weighted by atomic mass is 35.5. The zero-order valence-electron chi connectivity index (χ0n) is 17.3. The molecule has 0 radical (unpaired) electrons. The number of nitrogens with zero attached hydrogens (tertiary/aromatic N) is 2. The van der Waals surface area contributed by atoms with Gasteiger partial charge in [0, 0.05) is 22.3 Å². The summed E-state index contributed by atoms with van der Waals surface area (Å²) in [7, 11) is 0. The summed E-state index contributed by atoms with van der Waals surface area (Å²) >= 11 is 6.27. The van der Waals surface area contributed by atoms with Crippen LogP contribution < -0.4 is 10.6 Å². The van der Waals surface area contributed by atoms with Crippen molar-refractivity contribution in [3.05, 3.63) is 76.9 Å². The summed E-state index contributed by atoms with van der Waals surface area (Å²) in [5, 5.41) is 10.8. The van der Waals surface area contributed by atoms with Crippen LogP contribution in [-0.4, -0.2) is 33.7 Å². The molecule has 0 fully saturated rings. The van der Waals surface area contributed by atoms with Gasteiger partial charge >= 0.3 is 0 Å². The Labute approximate surface area is 181 Å². The van der Waals surface area contributed by atoms with Gasteiger partial charge in [-0.1, -0.05) is 60.1 Å². The molecule has 1 aromatic heterocycles. The van der Waals surface area contributed by atoms with Gasteiger partial charge in [0.1, 0.15) is 5.69 Å². The lowest BCUT2D eigenvalue weighted by molar-refractivity contribution is -0.121. The molecule has 30 heavy (non-hydrogen) atoms. The van der Waals surface area contributed by atoms with Crippen molar-refractivity contribution in [2.24, 2.45) is 0 Å². The molecule has 2 amide bonds. The van der Waals surface area contributed by atoms with E-state index in [-0.39, 0.29) is 23.9 Å². The Morgan fingerprint density at radius 1 is 1.03 bits per heavy atom. The number of nitrogens with one attached hydrogen (secondary N) is 2. The number of aromatic nitrogens is 2. The number of benzene rings is 2. The Balaban J connectivity index is 1.84. The van der Waals surface area contributed by atoms with Crippen LogP contribution in [-0.2, 0) is 11.3 Å². The monoisotopic (exact) mass is 424 g/mol. The first-order chi connectivity index (χ1) is 14.2. The average Bonchev–Trinajstić information content (AvgIpc) is 3.11. The van der Waals surface area contributed by atoms with E-state index in [0.29, 0.717) is 22.8 Å². The second-order valence-electron chi connectivity index (χ2n) is 8.03. The molecular weight excluding hydrogens is 400 g/mol. The number of carbonyl (C=O) groups excluding carboxylic acids is 2. The maximum Gasteiger partial charge on any atom is 0.255 e. The Morgan fingerprint density at radius 2 is 1.70 bits per heavy atom. The molecule has 1 heterocycles. The van der Waals surface area contributed by atoms with E-state index < -0.39 is 0 Å². The standard InChI is InChI=1S/C23H25ClN4O2/c1-23(2,3)26-20(29)13-25-22(30)18-15-28(14-17-11-7-8-12-19(17)24)27-21(18)16-9-5-4-6-10-16/h4-12,15H,13-14H2,1-3H3,(H,25,30)(H,26,29). The van der Waals surface area contributed by atoms with Crippen LogP contribution in [0.5, 0.6) is 0 Å². The molecule has 0 bridgehead atoms. The first-order valence-electron chi connectivity index (χ1n) is 9.68. The van der Waals surface area contributed by atoms with E-state index in [2.05, 4.69) is 15.7 Å². The number of hydrogen-bond donors (Lipinski definition) is 2. The van der Waals surface area contributed by atoms with E-state index in [1.807, 2.05) is 75.4 Å². The maximum atomic E-state index is 12.9. The fourth-order valence-corrected chi connectivity index (χ4v) is 3.19. The predicted molar refractivity (Wildman–Crippen MR) is 118 cm³/mol. The van der Waals surface area contributed by atoms with Crippen molar-refractivity contribution >= 4 is 23.4 Å². The topological polar surface area (TPSA) is 76.0 Å². The average molecular weight is 425 g/mol. The number of halogens is 1. The zero-order valence-corrected chi connectivity index (χ0v) is 18.0. The van der Waals surface area contributed by atoms with Gasteiger partial charge < -0.3 is 10.6 Å². The lowest BCUT2D eigenvalue weighted by Crippen LogP contribution is -2.45. The Morgan fingerprint density at radius 3 is 2.37 bits per heavy atom. The second kappa shape index (κ2) is 9.13. The van der Waals surface area contributed by atoms with Crippen molar-refractivity contribution < 1.29 is 9.59 Å². The Hall–Kier alpha value is -3.12. The van der Waals surface area contributed by atoms with E-state index in [1.54, 1.807) is 10.9 Å². The predicted octanol–water partition coefficient (Wildman–Crippen LogP) is 3.90. The summed E-state index contributed by atoms with van der Waals surface area (Å²) in [5.74, 6) is -0.608. The van der Waals surface area contributed by atoms with Gasteiger partial charge in [0.05, 0.1) is 18.7 Å². The van der Waals surface area contributed by atoms with Gasteiger partial charge in [0.25, 0.3) is 5.91 Å². The van der Waals surface area contributed by atoms with Gasteiger partial charge in [0.15, 0.2) is 0 Å². The molecular formula is C23H25ClN4O2. The van der Waals surface area contributed by atoms with Crippen LogP contribution >= 0.6 is 11.6 Å². The molecule has 2 N–H and O–H groups in total. The summed E-state index contributed by atoms with van der Waals surface area (Å²) < 4.78 is 1.69. The molecule has 0 aliphatic carbocycles. The van der Waals surface area contributed by atoms with Crippen LogP contribution in [0.15, 0.2) is 60.8 Å². The van der Waals surface area contributed by atoms with Crippen LogP contribution in [0.1, 0.15) is 36.7 Å². The van der Waals surface area contributed by atoms with Crippen molar-refractivity contribution in [1.82, 2.24) is 20.4 Å². The van der Waals surface area contributed by atoms with E-state index >= 15 is 0 Å². The Kier molecular flexibility index (Phi) is 6.57. The fourth-order valence-electron chi connectivity index (χ4n) is 3.00. The van der Waals surface area contributed by atoms with E-state index in [9.17, 15) is 9.59 Å². The number of hydrogen-bond acceptors (Lipinski definition) is 3. The normalized spacial score (nSPS) is 11.2. The minimum Gasteiger partial charge on any atom is -0.350 e. The van der Waals surface area contributed by atoms with Crippen LogP contribution in [0, 0.1) is 0 Å². The van der Waals surface area contributed by atoms with E-state index in [1.165, 1.54) is 0 Å². The molecule has 0 spiro atoms. The number of rotatable bonds is 6. The summed E-state index contributed by atoms with van der Waals surface area (Å²) in [6.07, 6.45) is 1.68. The summed E-state index contributed by atoms with van der Waals surface area (Å²) in [4.78, 5) is 24.9. The molecule has 0 saturated carbocycles. The molecule has 0 aliphatic heterocycles. The first kappa shape index (κ1) is 21.6. The molecule has 7 heteroatoms. The molecule has 3 aromatic rings. The highest BCUT2D eigenvalue weighted by Gasteiger charge is 2.20. The van der Waals surface area contributed by atoms with Gasteiger partial charge in [-0.15, -0.1) is 0 Å². The van der Waals surface area contributed by atoms with Crippen molar-refractivity contribution in [3.63, 3.8) is 0 Å². The zero-order chi connectivity index (χ0) is 21.7. The molecule has 0 atom stereocenters. The molecule has 3 rings (SSSR count). The largest absolute Gasteiger partial charge is 0.350 e. The molecule has 156 valence electrons. The van der Waals surface area contributed by atoms with Crippen molar-refractivity contribution in [2.45, 2.75) is 32.9 Å². The van der Waals surface area contributed by atoms with Crippen LogP contribution in [0.25, 0.3) is 11.3 Å². The van der Waals surface area contributed by atoms with Gasteiger partial charge in [-0.3, -0.25) is 14.3 Å². The number of carbonyl (C=O) groups is 2. The van der Waals surface area contributed by atoms with Crippen LogP contribution in [0.2, 0.25) is 5.02 Å². The molecule has 0 aliphatic rings.